The second-order valence-corrected chi connectivity index (χ2v) is 10.6. The van der Waals surface area contributed by atoms with Crippen LogP contribution < -0.4 is 5.32 Å². The Hall–Kier alpha value is -1.71. The van der Waals surface area contributed by atoms with Gasteiger partial charge in [0, 0.05) is 21.8 Å². The van der Waals surface area contributed by atoms with Crippen LogP contribution in [0.25, 0.3) is 11.1 Å². The number of anilines is 1. The van der Waals surface area contributed by atoms with Crippen LogP contribution in [0.5, 0.6) is 0 Å². The number of amides is 1. The highest BCUT2D eigenvalue weighted by molar-refractivity contribution is 9.10. The van der Waals surface area contributed by atoms with Gasteiger partial charge in [-0.05, 0) is 37.0 Å². The molecule has 1 aliphatic rings. The largest absolute Gasteiger partial charge is 0.462 e. The van der Waals surface area contributed by atoms with E-state index in [0.29, 0.717) is 22.5 Å². The molecule has 0 saturated carbocycles. The van der Waals surface area contributed by atoms with Crippen LogP contribution in [0.15, 0.2) is 34.1 Å². The second-order valence-electron chi connectivity index (χ2n) is 6.60. The zero-order valence-corrected chi connectivity index (χ0v) is 18.5. The van der Waals surface area contributed by atoms with Crippen molar-refractivity contribution in [3.8, 4) is 11.1 Å². The van der Waals surface area contributed by atoms with Gasteiger partial charge >= 0.3 is 5.97 Å². The Labute approximate surface area is 176 Å². The van der Waals surface area contributed by atoms with Gasteiger partial charge in [0.2, 0.25) is 5.91 Å². The van der Waals surface area contributed by atoms with Crippen LogP contribution >= 0.6 is 27.3 Å². The van der Waals surface area contributed by atoms with E-state index in [1.54, 1.807) is 6.92 Å². The molecule has 1 aromatic carbocycles. The molecule has 0 bridgehead atoms. The summed E-state index contributed by atoms with van der Waals surface area (Å²) in [7, 11) is -3.03. The molecule has 28 heavy (non-hydrogen) atoms. The molecule has 0 spiro atoms. The minimum absolute atomic E-state index is 0.0414. The van der Waals surface area contributed by atoms with Crippen molar-refractivity contribution in [3.63, 3.8) is 0 Å². The quantitative estimate of drug-likeness (QED) is 0.621. The fourth-order valence-electron chi connectivity index (χ4n) is 3.17. The van der Waals surface area contributed by atoms with Crippen molar-refractivity contribution in [1.82, 2.24) is 0 Å². The Morgan fingerprint density at radius 1 is 1.29 bits per heavy atom. The van der Waals surface area contributed by atoms with Gasteiger partial charge in [0.1, 0.15) is 10.6 Å². The topological polar surface area (TPSA) is 89.5 Å². The Balaban J connectivity index is 1.83. The first-order chi connectivity index (χ1) is 13.3. The van der Waals surface area contributed by atoms with Crippen LogP contribution in [0.4, 0.5) is 5.00 Å². The lowest BCUT2D eigenvalue weighted by atomic mass is 10.0. The zero-order valence-electron chi connectivity index (χ0n) is 15.2. The summed E-state index contributed by atoms with van der Waals surface area (Å²) >= 11 is 4.64. The SMILES string of the molecule is CCOC(=O)c1c(-c2ccc(Br)cc2)csc1NC(=O)C[C@@H]1CCS(=O)(=O)C1. The van der Waals surface area contributed by atoms with Crippen molar-refractivity contribution >= 4 is 54.0 Å². The molecule has 9 heteroatoms. The summed E-state index contributed by atoms with van der Waals surface area (Å²) in [6, 6.07) is 7.51. The molecule has 1 atom stereocenters. The van der Waals surface area contributed by atoms with Crippen molar-refractivity contribution in [3.05, 3.63) is 39.7 Å². The van der Waals surface area contributed by atoms with E-state index in [1.807, 2.05) is 29.6 Å². The molecule has 2 aromatic rings. The zero-order chi connectivity index (χ0) is 20.3. The predicted molar refractivity (Wildman–Crippen MR) is 113 cm³/mol. The van der Waals surface area contributed by atoms with E-state index in [0.717, 1.165) is 10.0 Å². The van der Waals surface area contributed by atoms with Crippen molar-refractivity contribution in [2.45, 2.75) is 19.8 Å². The number of ether oxygens (including phenoxy) is 1. The van der Waals surface area contributed by atoms with Gasteiger partial charge < -0.3 is 10.1 Å². The molecule has 1 fully saturated rings. The molecule has 0 aliphatic carbocycles. The molecule has 1 amide bonds. The van der Waals surface area contributed by atoms with Crippen LogP contribution in [-0.4, -0.2) is 38.4 Å². The third kappa shape index (κ3) is 5.01. The molecule has 1 saturated heterocycles. The lowest BCUT2D eigenvalue weighted by molar-refractivity contribution is -0.116. The van der Waals surface area contributed by atoms with Crippen LogP contribution in [0.2, 0.25) is 0 Å². The summed E-state index contributed by atoms with van der Waals surface area (Å²) in [4.78, 5) is 25.0. The highest BCUT2D eigenvalue weighted by atomic mass is 79.9. The number of esters is 1. The Morgan fingerprint density at radius 2 is 2.00 bits per heavy atom. The summed E-state index contributed by atoms with van der Waals surface area (Å²) in [5.41, 5.74) is 1.85. The number of halogens is 1. The van der Waals surface area contributed by atoms with E-state index in [9.17, 15) is 18.0 Å². The average Bonchev–Trinajstić information content (AvgIpc) is 3.18. The Kier molecular flexibility index (Phi) is 6.57. The molecule has 6 nitrogen and oxygen atoms in total. The first-order valence-electron chi connectivity index (χ1n) is 8.84. The average molecular weight is 486 g/mol. The van der Waals surface area contributed by atoms with Gasteiger partial charge in [-0.15, -0.1) is 11.3 Å². The standard InChI is InChI=1S/C19H20BrNO5S2/c1-2-26-19(23)17-15(13-3-5-14(20)6-4-13)10-27-18(17)21-16(22)9-12-7-8-28(24,25)11-12/h3-6,10,12H,2,7-9,11H2,1H3,(H,21,22)/t12-/m0/s1. The van der Waals surface area contributed by atoms with Crippen LogP contribution in [0.3, 0.4) is 0 Å². The van der Waals surface area contributed by atoms with E-state index in [1.165, 1.54) is 11.3 Å². The van der Waals surface area contributed by atoms with E-state index >= 15 is 0 Å². The van der Waals surface area contributed by atoms with Gasteiger partial charge in [-0.2, -0.15) is 0 Å². The van der Waals surface area contributed by atoms with Gasteiger partial charge in [-0.1, -0.05) is 28.1 Å². The summed E-state index contributed by atoms with van der Waals surface area (Å²) in [6.07, 6.45) is 0.613. The fourth-order valence-corrected chi connectivity index (χ4v) is 6.27. The predicted octanol–water partition coefficient (Wildman–Crippen LogP) is 4.12. The van der Waals surface area contributed by atoms with E-state index in [2.05, 4.69) is 21.2 Å². The first kappa shape index (κ1) is 21.0. The molecule has 0 unspecified atom stereocenters. The highest BCUT2D eigenvalue weighted by Crippen LogP contribution is 2.37. The second kappa shape index (κ2) is 8.75. The van der Waals surface area contributed by atoms with Gasteiger partial charge in [-0.3, -0.25) is 4.79 Å². The van der Waals surface area contributed by atoms with Gasteiger partial charge in [0.15, 0.2) is 9.84 Å². The molecule has 3 rings (SSSR count). The third-order valence-corrected chi connectivity index (χ3v) is 7.74. The Morgan fingerprint density at radius 3 is 2.61 bits per heavy atom. The number of rotatable bonds is 6. The van der Waals surface area contributed by atoms with Gasteiger partial charge in [0.25, 0.3) is 0 Å². The van der Waals surface area contributed by atoms with Crippen LogP contribution in [0, 0.1) is 5.92 Å². The van der Waals surface area contributed by atoms with Gasteiger partial charge in [0.05, 0.1) is 18.1 Å². The maximum Gasteiger partial charge on any atom is 0.341 e. The number of hydrogen-bond donors (Lipinski definition) is 1. The minimum atomic E-state index is -3.03. The first-order valence-corrected chi connectivity index (χ1v) is 12.3. The van der Waals surface area contributed by atoms with Crippen LogP contribution in [0.1, 0.15) is 30.1 Å². The maximum absolute atomic E-state index is 12.5. The summed E-state index contributed by atoms with van der Waals surface area (Å²) in [5, 5.41) is 5.01. The lowest BCUT2D eigenvalue weighted by Gasteiger charge is -2.10. The molecule has 1 N–H and O–H groups in total. The molecule has 1 aromatic heterocycles. The van der Waals surface area contributed by atoms with Crippen molar-refractivity contribution in [2.75, 3.05) is 23.4 Å². The van der Waals surface area contributed by atoms with Crippen LogP contribution in [-0.2, 0) is 19.4 Å². The molecule has 0 radical (unpaired) electrons. The number of sulfone groups is 1. The Bertz CT molecular complexity index is 982. The van der Waals surface area contributed by atoms with E-state index in [4.69, 9.17) is 4.74 Å². The van der Waals surface area contributed by atoms with E-state index in [-0.39, 0.29) is 36.4 Å². The van der Waals surface area contributed by atoms with Crippen molar-refractivity contribution in [1.29, 1.82) is 0 Å². The third-order valence-electron chi connectivity index (χ3n) is 4.48. The normalized spacial score (nSPS) is 18.0. The molecule has 2 heterocycles. The molecular weight excluding hydrogens is 466 g/mol. The number of benzene rings is 1. The summed E-state index contributed by atoms with van der Waals surface area (Å²) in [5.74, 6) is -0.801. The lowest BCUT2D eigenvalue weighted by Crippen LogP contribution is -2.18. The summed E-state index contributed by atoms with van der Waals surface area (Å²) < 4.78 is 29.3. The number of thiophene rings is 1. The van der Waals surface area contributed by atoms with Crippen molar-refractivity contribution < 1.29 is 22.7 Å². The highest BCUT2D eigenvalue weighted by Gasteiger charge is 2.30. The number of carbonyl (C=O) groups is 2. The van der Waals surface area contributed by atoms with Gasteiger partial charge in [-0.25, -0.2) is 13.2 Å². The number of nitrogens with one attached hydrogen (secondary N) is 1. The van der Waals surface area contributed by atoms with E-state index < -0.39 is 15.8 Å². The smallest absolute Gasteiger partial charge is 0.341 e. The minimum Gasteiger partial charge on any atom is -0.462 e. The fraction of sp³-hybridized carbons (Fsp3) is 0.368. The summed E-state index contributed by atoms with van der Waals surface area (Å²) in [6.45, 7) is 1.95. The maximum atomic E-state index is 12.5. The monoisotopic (exact) mass is 485 g/mol. The number of hydrogen-bond acceptors (Lipinski definition) is 6. The van der Waals surface area contributed by atoms with Crippen molar-refractivity contribution in [2.24, 2.45) is 5.92 Å². The molecular formula is C19H20BrNO5S2. The molecule has 1 aliphatic heterocycles. The molecule has 150 valence electrons. The number of carbonyl (C=O) groups excluding carboxylic acids is 2.